The molecular weight excluding hydrogens is 502 g/mol. The molecule has 1 unspecified atom stereocenters. The molecule has 40 heavy (non-hydrogen) atoms. The molecule has 7 nitrogen and oxygen atoms in total. The third kappa shape index (κ3) is 3.39. The Balaban J connectivity index is 1.74. The number of carbonyl (C=O) groups is 3. The van der Waals surface area contributed by atoms with Crippen molar-refractivity contribution in [3.8, 4) is 6.07 Å². The monoisotopic (exact) mass is 527 g/mol. The molecule has 0 aromatic heterocycles. The van der Waals surface area contributed by atoms with Crippen LogP contribution in [0.2, 0.25) is 0 Å². The second-order valence-electron chi connectivity index (χ2n) is 9.80. The van der Waals surface area contributed by atoms with Gasteiger partial charge in [0, 0.05) is 22.4 Å². The molecule has 0 saturated heterocycles. The Kier molecular flexibility index (Phi) is 5.96. The number of benzene rings is 3. The molecule has 0 bridgehead atoms. The van der Waals surface area contributed by atoms with Crippen LogP contribution in [0, 0.1) is 16.7 Å². The van der Waals surface area contributed by atoms with Crippen molar-refractivity contribution < 1.29 is 19.1 Å². The Bertz CT molecular complexity index is 1730. The van der Waals surface area contributed by atoms with Crippen LogP contribution >= 0.6 is 0 Å². The lowest BCUT2D eigenvalue weighted by atomic mass is 9.65. The number of rotatable bonds is 5. The molecule has 3 aromatic carbocycles. The highest BCUT2D eigenvalue weighted by Crippen LogP contribution is 2.59. The molecule has 3 aromatic rings. The summed E-state index contributed by atoms with van der Waals surface area (Å²) in [6.07, 6.45) is 0. The zero-order valence-electron chi connectivity index (χ0n) is 22.0. The first-order valence-corrected chi connectivity index (χ1v) is 13.1. The van der Waals surface area contributed by atoms with E-state index in [2.05, 4.69) is 11.4 Å². The number of Topliss-reactive ketones (excluding diaryl/α,β-unsaturated/α-hetero) is 1. The van der Waals surface area contributed by atoms with E-state index < -0.39 is 23.1 Å². The van der Waals surface area contributed by atoms with E-state index in [9.17, 15) is 14.9 Å². The number of fused-ring (bicyclic) bond motifs is 3. The first-order chi connectivity index (χ1) is 19.4. The van der Waals surface area contributed by atoms with Gasteiger partial charge in [0.25, 0.3) is 0 Å². The molecule has 2 aliphatic heterocycles. The Morgan fingerprint density at radius 1 is 0.950 bits per heavy atom. The molecular formula is C33H25N3O4. The van der Waals surface area contributed by atoms with E-state index >= 15 is 4.79 Å². The van der Waals surface area contributed by atoms with Crippen LogP contribution in [-0.2, 0) is 20.9 Å². The summed E-state index contributed by atoms with van der Waals surface area (Å²) in [5.74, 6) is -1.69. The first kappa shape index (κ1) is 25.1. The number of esters is 1. The molecule has 196 valence electrons. The molecule has 1 aliphatic carbocycles. The number of nitriles is 1. The van der Waals surface area contributed by atoms with Crippen molar-refractivity contribution in [2.45, 2.75) is 20.4 Å². The van der Waals surface area contributed by atoms with Crippen LogP contribution < -0.4 is 5.32 Å². The van der Waals surface area contributed by atoms with Gasteiger partial charge < -0.3 is 15.0 Å². The molecule has 1 atom stereocenters. The van der Waals surface area contributed by atoms with Crippen LogP contribution in [0.15, 0.2) is 107 Å². The maximum Gasteiger partial charge on any atom is 0.337 e. The van der Waals surface area contributed by atoms with Crippen LogP contribution in [0.4, 0.5) is 0 Å². The van der Waals surface area contributed by atoms with Gasteiger partial charge in [0.2, 0.25) is 5.91 Å². The molecule has 6 rings (SSSR count). The Hall–Kier alpha value is -5.22. The fraction of sp³-hybridized carbons (Fsp3) is 0.152. The van der Waals surface area contributed by atoms with Gasteiger partial charge in [-0.25, -0.2) is 4.79 Å². The van der Waals surface area contributed by atoms with Gasteiger partial charge in [-0.1, -0.05) is 84.9 Å². The summed E-state index contributed by atoms with van der Waals surface area (Å²) < 4.78 is 5.58. The summed E-state index contributed by atoms with van der Waals surface area (Å²) in [5.41, 5.74) is 1.69. The van der Waals surface area contributed by atoms with Crippen molar-refractivity contribution in [2.75, 3.05) is 6.61 Å². The molecule has 1 amide bonds. The minimum Gasteiger partial charge on any atom is -0.463 e. The van der Waals surface area contributed by atoms with Crippen molar-refractivity contribution in [2.24, 2.45) is 5.41 Å². The van der Waals surface area contributed by atoms with E-state index in [4.69, 9.17) is 4.74 Å². The summed E-state index contributed by atoms with van der Waals surface area (Å²) >= 11 is 0. The molecule has 0 radical (unpaired) electrons. The predicted molar refractivity (Wildman–Crippen MR) is 149 cm³/mol. The normalized spacial score (nSPS) is 19.6. The van der Waals surface area contributed by atoms with Crippen LogP contribution in [0.1, 0.15) is 40.9 Å². The van der Waals surface area contributed by atoms with Crippen molar-refractivity contribution in [1.29, 1.82) is 5.26 Å². The average molecular weight is 528 g/mol. The van der Waals surface area contributed by atoms with Gasteiger partial charge in [-0.3, -0.25) is 9.59 Å². The van der Waals surface area contributed by atoms with Crippen molar-refractivity contribution in [1.82, 2.24) is 10.2 Å². The number of hydrogen-bond acceptors (Lipinski definition) is 6. The molecule has 7 heteroatoms. The number of nitrogens with one attached hydrogen (secondary N) is 1. The number of hydrogen-bond donors (Lipinski definition) is 1. The minimum absolute atomic E-state index is 0.00412. The van der Waals surface area contributed by atoms with Gasteiger partial charge >= 0.3 is 5.97 Å². The molecule has 0 saturated carbocycles. The summed E-state index contributed by atoms with van der Waals surface area (Å²) in [6.45, 7) is 3.55. The number of ether oxygens (including phenoxy) is 1. The standard InChI is InChI=1S/C33H25N3O4/c1-3-40-31(38)27-29(22-14-8-5-9-15-22)36(19-21-12-6-4-7-13-21)32(39)33(27)25(18-34)20(2)35-28-23-16-10-11-17-24(23)30(37)26(28)33/h4-17,35H,3,19H2,1-2H3. The van der Waals surface area contributed by atoms with E-state index in [0.29, 0.717) is 33.8 Å². The van der Waals surface area contributed by atoms with E-state index in [0.717, 1.165) is 5.56 Å². The van der Waals surface area contributed by atoms with Gasteiger partial charge in [-0.2, -0.15) is 5.26 Å². The second-order valence-corrected chi connectivity index (χ2v) is 9.80. The van der Waals surface area contributed by atoms with E-state index in [1.165, 1.54) is 4.90 Å². The highest BCUT2D eigenvalue weighted by atomic mass is 16.5. The lowest BCUT2D eigenvalue weighted by Gasteiger charge is -2.36. The third-order valence-electron chi connectivity index (χ3n) is 7.63. The number of amides is 1. The number of ketones is 1. The van der Waals surface area contributed by atoms with Crippen molar-refractivity contribution in [3.63, 3.8) is 0 Å². The molecule has 2 heterocycles. The van der Waals surface area contributed by atoms with Crippen LogP contribution in [-0.4, -0.2) is 29.2 Å². The van der Waals surface area contributed by atoms with Crippen LogP contribution in [0.3, 0.4) is 0 Å². The minimum atomic E-state index is -1.98. The Labute approximate surface area is 231 Å². The second kappa shape index (κ2) is 9.51. The lowest BCUT2D eigenvalue weighted by Crippen LogP contribution is -2.46. The van der Waals surface area contributed by atoms with Gasteiger partial charge in [0.05, 0.1) is 41.8 Å². The summed E-state index contributed by atoms with van der Waals surface area (Å²) in [7, 11) is 0. The molecule has 0 fully saturated rings. The van der Waals surface area contributed by atoms with Gasteiger partial charge in [-0.15, -0.1) is 0 Å². The van der Waals surface area contributed by atoms with Crippen LogP contribution in [0.5, 0.6) is 0 Å². The highest BCUT2D eigenvalue weighted by molar-refractivity contribution is 6.30. The molecule has 3 aliphatic rings. The largest absolute Gasteiger partial charge is 0.463 e. The molecule has 1 spiro atoms. The van der Waals surface area contributed by atoms with E-state index in [1.807, 2.05) is 66.7 Å². The topological polar surface area (TPSA) is 99.5 Å². The summed E-state index contributed by atoms with van der Waals surface area (Å²) in [4.78, 5) is 44.7. The molecule has 1 N–H and O–H groups in total. The lowest BCUT2D eigenvalue weighted by molar-refractivity contribution is -0.141. The maximum absolute atomic E-state index is 15.0. The fourth-order valence-electron chi connectivity index (χ4n) is 6.05. The quantitative estimate of drug-likeness (QED) is 0.469. The van der Waals surface area contributed by atoms with E-state index in [-0.39, 0.29) is 29.9 Å². The van der Waals surface area contributed by atoms with E-state index in [1.54, 1.807) is 32.0 Å². The Morgan fingerprint density at radius 3 is 2.23 bits per heavy atom. The maximum atomic E-state index is 15.0. The average Bonchev–Trinajstić information content (AvgIpc) is 3.39. The van der Waals surface area contributed by atoms with Gasteiger partial charge in [0.1, 0.15) is 0 Å². The SMILES string of the molecule is CCOC(=O)C1=C(c2ccccc2)N(Cc2ccccc2)C(=O)C12C(C#N)=C(C)NC1=C2C(=O)c2ccccc21. The summed E-state index contributed by atoms with van der Waals surface area (Å²) in [5, 5.41) is 13.8. The third-order valence-corrected chi connectivity index (χ3v) is 7.63. The number of allylic oxidation sites excluding steroid dienone is 1. The first-order valence-electron chi connectivity index (χ1n) is 13.1. The number of carbonyl (C=O) groups excluding carboxylic acids is 3. The number of nitrogens with zero attached hydrogens (tertiary/aromatic N) is 2. The fourth-order valence-corrected chi connectivity index (χ4v) is 6.05. The Morgan fingerprint density at radius 2 is 1.57 bits per heavy atom. The highest BCUT2D eigenvalue weighted by Gasteiger charge is 2.65. The predicted octanol–water partition coefficient (Wildman–Crippen LogP) is 5.00. The zero-order chi connectivity index (χ0) is 28.0. The van der Waals surface area contributed by atoms with Gasteiger partial charge in [0.15, 0.2) is 11.2 Å². The van der Waals surface area contributed by atoms with Crippen LogP contribution in [0.25, 0.3) is 11.4 Å². The smallest absolute Gasteiger partial charge is 0.337 e. The van der Waals surface area contributed by atoms with Crippen molar-refractivity contribution in [3.05, 3.63) is 130 Å². The van der Waals surface area contributed by atoms with Gasteiger partial charge in [-0.05, 0) is 25.0 Å². The summed E-state index contributed by atoms with van der Waals surface area (Å²) in [6, 6.07) is 27.8. The van der Waals surface area contributed by atoms with Crippen molar-refractivity contribution >= 4 is 29.1 Å². The number of dihydropyridines is 1. The zero-order valence-corrected chi connectivity index (χ0v) is 22.0.